The SMILES string of the molecule is COC(=O)C(O)(CCc1ccc(Cl)nc1)NC(=O)OC(C)(C)C. The molecule has 0 aliphatic rings. The highest BCUT2D eigenvalue weighted by Crippen LogP contribution is 2.16. The molecule has 8 heteroatoms. The van der Waals surface area contributed by atoms with Crippen LogP contribution in [0.25, 0.3) is 0 Å². The predicted octanol–water partition coefficient (Wildman–Crippen LogP) is 2.05. The molecule has 7 nitrogen and oxygen atoms in total. The third-order valence-electron chi connectivity index (χ3n) is 2.79. The highest BCUT2D eigenvalue weighted by Gasteiger charge is 2.40. The summed E-state index contributed by atoms with van der Waals surface area (Å²) in [5.74, 6) is -0.981. The van der Waals surface area contributed by atoms with E-state index in [2.05, 4.69) is 15.0 Å². The number of carbonyl (C=O) groups excluding carboxylic acids is 2. The molecule has 0 aromatic carbocycles. The Morgan fingerprint density at radius 2 is 2.00 bits per heavy atom. The van der Waals surface area contributed by atoms with Gasteiger partial charge in [0.25, 0.3) is 0 Å². The summed E-state index contributed by atoms with van der Waals surface area (Å²) in [6.45, 7) is 5.01. The van der Waals surface area contributed by atoms with Crippen molar-refractivity contribution in [2.75, 3.05) is 7.11 Å². The molecular formula is C15H21ClN2O5. The van der Waals surface area contributed by atoms with E-state index in [-0.39, 0.29) is 12.8 Å². The number of nitrogens with zero attached hydrogens (tertiary/aromatic N) is 1. The van der Waals surface area contributed by atoms with Gasteiger partial charge in [-0.15, -0.1) is 0 Å². The summed E-state index contributed by atoms with van der Waals surface area (Å²) in [5, 5.41) is 12.9. The molecule has 1 unspecified atom stereocenters. The van der Waals surface area contributed by atoms with Crippen molar-refractivity contribution in [2.45, 2.75) is 44.9 Å². The molecule has 1 aromatic rings. The van der Waals surface area contributed by atoms with E-state index in [4.69, 9.17) is 16.3 Å². The van der Waals surface area contributed by atoms with Crippen molar-refractivity contribution >= 4 is 23.7 Å². The van der Waals surface area contributed by atoms with Crippen molar-refractivity contribution in [1.29, 1.82) is 0 Å². The first kappa shape index (κ1) is 19.2. The Hall–Kier alpha value is -1.86. The fraction of sp³-hybridized carbons (Fsp3) is 0.533. The largest absolute Gasteiger partial charge is 0.465 e. The molecule has 23 heavy (non-hydrogen) atoms. The van der Waals surface area contributed by atoms with E-state index < -0.39 is 23.4 Å². The maximum Gasteiger partial charge on any atom is 0.410 e. The number of aromatic nitrogens is 1. The number of hydrogen-bond donors (Lipinski definition) is 2. The van der Waals surface area contributed by atoms with Crippen LogP contribution < -0.4 is 5.32 Å². The van der Waals surface area contributed by atoms with Gasteiger partial charge < -0.3 is 14.6 Å². The van der Waals surface area contributed by atoms with E-state index in [1.54, 1.807) is 32.9 Å². The average molecular weight is 345 g/mol. The standard InChI is InChI=1S/C15H21ClN2O5/c1-14(2,3)23-13(20)18-15(21,12(19)22-4)8-7-10-5-6-11(16)17-9-10/h5-6,9,21H,7-8H2,1-4H3,(H,18,20). The van der Waals surface area contributed by atoms with E-state index in [9.17, 15) is 14.7 Å². The average Bonchev–Trinajstić information content (AvgIpc) is 2.43. The smallest absolute Gasteiger partial charge is 0.410 e. The van der Waals surface area contributed by atoms with Crippen LogP contribution in [0.5, 0.6) is 0 Å². The molecule has 0 radical (unpaired) electrons. The quantitative estimate of drug-likeness (QED) is 0.482. The van der Waals surface area contributed by atoms with Gasteiger partial charge >= 0.3 is 12.1 Å². The lowest BCUT2D eigenvalue weighted by Crippen LogP contribution is -2.56. The number of aliphatic hydroxyl groups is 1. The van der Waals surface area contributed by atoms with Crippen molar-refractivity contribution in [3.63, 3.8) is 0 Å². The third kappa shape index (κ3) is 6.42. The summed E-state index contributed by atoms with van der Waals surface area (Å²) >= 11 is 5.70. The molecule has 1 amide bonds. The van der Waals surface area contributed by atoms with E-state index in [1.165, 1.54) is 6.20 Å². The summed E-state index contributed by atoms with van der Waals surface area (Å²) in [7, 11) is 1.12. The number of methoxy groups -OCH3 is 1. The zero-order valence-electron chi connectivity index (χ0n) is 13.6. The lowest BCUT2D eigenvalue weighted by molar-refractivity contribution is -0.166. The Balaban J connectivity index is 2.79. The van der Waals surface area contributed by atoms with Crippen LogP contribution in [0.2, 0.25) is 5.15 Å². The van der Waals surface area contributed by atoms with Crippen LogP contribution in [0.4, 0.5) is 4.79 Å². The van der Waals surface area contributed by atoms with Gasteiger partial charge in [-0.2, -0.15) is 0 Å². The van der Waals surface area contributed by atoms with Gasteiger partial charge in [-0.05, 0) is 38.8 Å². The number of hydrogen-bond acceptors (Lipinski definition) is 6. The molecule has 0 bridgehead atoms. The fourth-order valence-corrected chi connectivity index (χ4v) is 1.85. The number of pyridine rings is 1. The second kappa shape index (κ2) is 7.61. The highest BCUT2D eigenvalue weighted by atomic mass is 35.5. The molecule has 1 aromatic heterocycles. The van der Waals surface area contributed by atoms with Crippen LogP contribution >= 0.6 is 11.6 Å². The van der Waals surface area contributed by atoms with Gasteiger partial charge in [0.05, 0.1) is 7.11 Å². The van der Waals surface area contributed by atoms with Crippen molar-refractivity contribution in [1.82, 2.24) is 10.3 Å². The van der Waals surface area contributed by atoms with Gasteiger partial charge in [-0.1, -0.05) is 17.7 Å². The second-order valence-corrected chi connectivity index (χ2v) is 6.36. The molecule has 0 aliphatic carbocycles. The first-order chi connectivity index (χ1) is 10.6. The Morgan fingerprint density at radius 1 is 1.35 bits per heavy atom. The molecule has 0 fully saturated rings. The molecule has 1 rings (SSSR count). The number of carbonyl (C=O) groups is 2. The monoisotopic (exact) mass is 344 g/mol. The van der Waals surface area contributed by atoms with Crippen molar-refractivity contribution in [2.24, 2.45) is 0 Å². The molecule has 128 valence electrons. The summed E-state index contributed by atoms with van der Waals surface area (Å²) in [4.78, 5) is 27.6. The second-order valence-electron chi connectivity index (χ2n) is 5.97. The van der Waals surface area contributed by atoms with E-state index >= 15 is 0 Å². The highest BCUT2D eigenvalue weighted by molar-refractivity contribution is 6.29. The van der Waals surface area contributed by atoms with Gasteiger partial charge in [0.2, 0.25) is 5.72 Å². The summed E-state index contributed by atoms with van der Waals surface area (Å²) in [6, 6.07) is 3.30. The minimum absolute atomic E-state index is 0.109. The number of halogens is 1. The lowest BCUT2D eigenvalue weighted by Gasteiger charge is -2.28. The maximum atomic E-state index is 11.8. The van der Waals surface area contributed by atoms with E-state index in [1.807, 2.05) is 0 Å². The Labute approximate surface area is 139 Å². The molecule has 2 N–H and O–H groups in total. The molecular weight excluding hydrogens is 324 g/mol. The van der Waals surface area contributed by atoms with Crippen molar-refractivity contribution in [3.8, 4) is 0 Å². The van der Waals surface area contributed by atoms with Crippen LogP contribution in [-0.4, -0.2) is 40.6 Å². The minimum Gasteiger partial charge on any atom is -0.465 e. The zero-order chi connectivity index (χ0) is 17.7. The fourth-order valence-electron chi connectivity index (χ4n) is 1.74. The molecule has 1 atom stereocenters. The molecule has 0 saturated heterocycles. The minimum atomic E-state index is -2.20. The molecule has 0 aliphatic heterocycles. The number of alkyl carbamates (subject to hydrolysis) is 1. The Bertz CT molecular complexity index is 556. The summed E-state index contributed by atoms with van der Waals surface area (Å²) in [5.41, 5.74) is -2.22. The van der Waals surface area contributed by atoms with Crippen molar-refractivity contribution in [3.05, 3.63) is 29.0 Å². The number of esters is 1. The van der Waals surface area contributed by atoms with Gasteiger partial charge in [-0.25, -0.2) is 14.6 Å². The summed E-state index contributed by atoms with van der Waals surface area (Å²) < 4.78 is 9.61. The molecule has 1 heterocycles. The van der Waals surface area contributed by atoms with E-state index in [0.29, 0.717) is 5.15 Å². The van der Waals surface area contributed by atoms with Gasteiger partial charge in [0, 0.05) is 12.6 Å². The van der Waals surface area contributed by atoms with Crippen LogP contribution in [0.15, 0.2) is 18.3 Å². The van der Waals surface area contributed by atoms with Crippen LogP contribution in [0, 0.1) is 0 Å². The topological polar surface area (TPSA) is 97.8 Å². The van der Waals surface area contributed by atoms with Crippen molar-refractivity contribution < 1.29 is 24.2 Å². The maximum absolute atomic E-state index is 11.8. The van der Waals surface area contributed by atoms with Gasteiger partial charge in [0.15, 0.2) is 0 Å². The third-order valence-corrected chi connectivity index (χ3v) is 3.02. The van der Waals surface area contributed by atoms with Gasteiger partial charge in [0.1, 0.15) is 10.8 Å². The van der Waals surface area contributed by atoms with Gasteiger partial charge in [-0.3, -0.25) is 5.32 Å². The van der Waals surface area contributed by atoms with Crippen LogP contribution in [0.1, 0.15) is 32.8 Å². The Kier molecular flexibility index (Phi) is 6.35. The first-order valence-corrected chi connectivity index (χ1v) is 7.36. The number of amides is 1. The van der Waals surface area contributed by atoms with Crippen LogP contribution in [-0.2, 0) is 20.7 Å². The predicted molar refractivity (Wildman–Crippen MR) is 83.9 cm³/mol. The Morgan fingerprint density at radius 3 is 2.48 bits per heavy atom. The zero-order valence-corrected chi connectivity index (χ0v) is 14.3. The number of rotatable bonds is 5. The number of aryl methyl sites for hydroxylation is 1. The van der Waals surface area contributed by atoms with Crippen LogP contribution in [0.3, 0.4) is 0 Å². The number of ether oxygens (including phenoxy) is 2. The number of nitrogens with one attached hydrogen (secondary N) is 1. The normalized spacial score (nSPS) is 13.8. The summed E-state index contributed by atoms with van der Waals surface area (Å²) in [6.07, 6.45) is 0.765. The molecule has 0 saturated carbocycles. The lowest BCUT2D eigenvalue weighted by atomic mass is 10.0. The first-order valence-electron chi connectivity index (χ1n) is 6.98. The van der Waals surface area contributed by atoms with E-state index in [0.717, 1.165) is 12.7 Å². The molecule has 0 spiro atoms.